The third-order valence-corrected chi connectivity index (χ3v) is 2.37. The minimum absolute atomic E-state index is 0.181. The van der Waals surface area contributed by atoms with Crippen LogP contribution in [-0.4, -0.2) is 12.9 Å². The van der Waals surface area contributed by atoms with E-state index in [9.17, 15) is 4.79 Å². The molecule has 5 nitrogen and oxygen atoms in total. The molecular weight excluding hydrogens is 194 g/mol. The van der Waals surface area contributed by atoms with Gasteiger partial charge in [0.15, 0.2) is 0 Å². The van der Waals surface area contributed by atoms with E-state index in [4.69, 9.17) is 10.3 Å². The van der Waals surface area contributed by atoms with Gasteiger partial charge in [-0.05, 0) is 18.0 Å². The Balaban J connectivity index is 2.44. The van der Waals surface area contributed by atoms with Gasteiger partial charge < -0.3 is 4.74 Å². The van der Waals surface area contributed by atoms with E-state index in [0.29, 0.717) is 24.3 Å². The second kappa shape index (κ2) is 4.02. The van der Waals surface area contributed by atoms with E-state index in [2.05, 4.69) is 10.0 Å². The highest BCUT2D eigenvalue weighted by atomic mass is 16.5. The van der Waals surface area contributed by atoms with Crippen LogP contribution < -0.4 is 4.74 Å². The van der Waals surface area contributed by atoms with Gasteiger partial charge in [-0.15, -0.1) is 0 Å². The van der Waals surface area contributed by atoms with Crippen LogP contribution in [0, 0.1) is 0 Å². The highest BCUT2D eigenvalue weighted by molar-refractivity contribution is 5.76. The van der Waals surface area contributed by atoms with Gasteiger partial charge in [0.1, 0.15) is 12.0 Å². The van der Waals surface area contributed by atoms with Gasteiger partial charge in [-0.3, -0.25) is 4.79 Å². The van der Waals surface area contributed by atoms with Crippen molar-refractivity contribution < 1.29 is 9.53 Å². The summed E-state index contributed by atoms with van der Waals surface area (Å²) in [5.74, 6) is 0.642. The summed E-state index contributed by atoms with van der Waals surface area (Å²) in [6.45, 7) is 0.513. The fourth-order valence-electron chi connectivity index (χ4n) is 1.64. The Labute approximate surface area is 86.3 Å². The number of rotatable bonds is 2. The van der Waals surface area contributed by atoms with Crippen molar-refractivity contribution >= 4 is 6.29 Å². The smallest absolute Gasteiger partial charge is 0.150 e. The molecule has 1 aliphatic rings. The minimum Gasteiger partial charge on any atom is -0.493 e. The molecule has 1 aromatic carbocycles. The molecule has 1 heterocycles. The summed E-state index contributed by atoms with van der Waals surface area (Å²) >= 11 is 0. The largest absolute Gasteiger partial charge is 0.493 e. The number of hydrogen-bond acceptors (Lipinski definition) is 3. The molecule has 0 saturated heterocycles. The lowest BCUT2D eigenvalue weighted by Crippen LogP contribution is -2.12. The maximum Gasteiger partial charge on any atom is 0.150 e. The van der Waals surface area contributed by atoms with Crippen LogP contribution in [0.5, 0.6) is 5.75 Å². The molecule has 15 heavy (non-hydrogen) atoms. The molecule has 1 unspecified atom stereocenters. The van der Waals surface area contributed by atoms with Crippen molar-refractivity contribution in [2.24, 2.45) is 5.11 Å². The second-order valence-electron chi connectivity index (χ2n) is 3.27. The standard InChI is InChI=1S/C10H9N3O2/c11-13-12-9-3-4-15-10-5-7(6-14)1-2-8(9)10/h1-2,5-6,9H,3-4H2. The zero-order chi connectivity index (χ0) is 10.7. The summed E-state index contributed by atoms with van der Waals surface area (Å²) in [4.78, 5) is 13.4. The van der Waals surface area contributed by atoms with Gasteiger partial charge in [-0.25, -0.2) is 0 Å². The van der Waals surface area contributed by atoms with Crippen LogP contribution in [0.1, 0.15) is 28.4 Å². The number of hydrogen-bond donors (Lipinski definition) is 0. The Kier molecular flexibility index (Phi) is 2.56. The molecule has 2 rings (SSSR count). The average molecular weight is 203 g/mol. The van der Waals surface area contributed by atoms with Crippen molar-refractivity contribution in [1.29, 1.82) is 0 Å². The van der Waals surface area contributed by atoms with Gasteiger partial charge in [0.25, 0.3) is 0 Å². The molecule has 0 aromatic heterocycles. The van der Waals surface area contributed by atoms with Gasteiger partial charge in [0.2, 0.25) is 0 Å². The number of benzene rings is 1. The summed E-state index contributed by atoms with van der Waals surface area (Å²) < 4.78 is 5.40. The lowest BCUT2D eigenvalue weighted by Gasteiger charge is -2.22. The van der Waals surface area contributed by atoms with Gasteiger partial charge in [0, 0.05) is 16.0 Å². The van der Waals surface area contributed by atoms with Gasteiger partial charge >= 0.3 is 0 Å². The summed E-state index contributed by atoms with van der Waals surface area (Å²) in [5.41, 5.74) is 9.82. The van der Waals surface area contributed by atoms with E-state index in [1.807, 2.05) is 0 Å². The van der Waals surface area contributed by atoms with Crippen molar-refractivity contribution in [3.05, 3.63) is 39.8 Å². The lowest BCUT2D eigenvalue weighted by molar-refractivity contribution is 0.112. The van der Waals surface area contributed by atoms with E-state index in [1.165, 1.54) is 0 Å². The van der Waals surface area contributed by atoms with E-state index >= 15 is 0 Å². The number of aldehydes is 1. The lowest BCUT2D eigenvalue weighted by atomic mass is 10.00. The van der Waals surface area contributed by atoms with Crippen LogP contribution >= 0.6 is 0 Å². The van der Waals surface area contributed by atoms with Crippen molar-refractivity contribution in [2.75, 3.05) is 6.61 Å². The molecule has 0 spiro atoms. The van der Waals surface area contributed by atoms with Crippen LogP contribution in [0.4, 0.5) is 0 Å². The molecule has 0 fully saturated rings. The molecule has 1 aromatic rings. The molecule has 0 saturated carbocycles. The third-order valence-electron chi connectivity index (χ3n) is 2.37. The van der Waals surface area contributed by atoms with Crippen LogP contribution in [0.2, 0.25) is 0 Å². The summed E-state index contributed by atoms with van der Waals surface area (Å²) in [6.07, 6.45) is 1.44. The van der Waals surface area contributed by atoms with Crippen LogP contribution in [0.15, 0.2) is 23.3 Å². The predicted octanol–water partition coefficient (Wildman–Crippen LogP) is 2.63. The third kappa shape index (κ3) is 1.78. The van der Waals surface area contributed by atoms with Gasteiger partial charge in [0.05, 0.1) is 12.6 Å². The Hall–Kier alpha value is -2.00. The zero-order valence-electron chi connectivity index (χ0n) is 7.96. The predicted molar refractivity (Wildman–Crippen MR) is 53.8 cm³/mol. The van der Waals surface area contributed by atoms with Crippen molar-refractivity contribution in [3.63, 3.8) is 0 Å². The summed E-state index contributed by atoms with van der Waals surface area (Å²) in [6, 6.07) is 4.96. The molecule has 0 aliphatic carbocycles. The maximum atomic E-state index is 10.6. The monoisotopic (exact) mass is 203 g/mol. The van der Waals surface area contributed by atoms with E-state index < -0.39 is 0 Å². The van der Waals surface area contributed by atoms with E-state index in [0.717, 1.165) is 11.8 Å². The highest BCUT2D eigenvalue weighted by Gasteiger charge is 2.20. The fraction of sp³-hybridized carbons (Fsp3) is 0.300. The van der Waals surface area contributed by atoms with Crippen molar-refractivity contribution in [2.45, 2.75) is 12.5 Å². The average Bonchev–Trinajstić information content (AvgIpc) is 2.29. The van der Waals surface area contributed by atoms with E-state index in [-0.39, 0.29) is 6.04 Å². The first-order chi connectivity index (χ1) is 7.35. The van der Waals surface area contributed by atoms with Crippen molar-refractivity contribution in [1.82, 2.24) is 0 Å². The number of carbonyl (C=O) groups excluding carboxylic acids is 1. The first-order valence-electron chi connectivity index (χ1n) is 4.61. The van der Waals surface area contributed by atoms with Gasteiger partial charge in [-0.1, -0.05) is 17.2 Å². The molecule has 1 atom stereocenters. The van der Waals surface area contributed by atoms with Crippen LogP contribution in [-0.2, 0) is 0 Å². The SMILES string of the molecule is [N-]=[N+]=NC1CCOc2cc(C=O)ccc21. The number of fused-ring (bicyclic) bond motifs is 1. The molecule has 0 bridgehead atoms. The fourth-order valence-corrected chi connectivity index (χ4v) is 1.64. The Morgan fingerprint density at radius 2 is 2.47 bits per heavy atom. The molecule has 0 N–H and O–H groups in total. The molecule has 0 amide bonds. The van der Waals surface area contributed by atoms with Crippen LogP contribution in [0.3, 0.4) is 0 Å². The molecular formula is C10H9N3O2. The highest BCUT2D eigenvalue weighted by Crippen LogP contribution is 2.34. The maximum absolute atomic E-state index is 10.6. The summed E-state index contributed by atoms with van der Waals surface area (Å²) in [5, 5.41) is 3.69. The number of ether oxygens (including phenoxy) is 1. The quantitative estimate of drug-likeness (QED) is 0.320. The first-order valence-corrected chi connectivity index (χ1v) is 4.61. The molecule has 1 aliphatic heterocycles. The first kappa shape index (κ1) is 9.55. The Morgan fingerprint density at radius 3 is 3.20 bits per heavy atom. The number of nitrogens with zero attached hydrogens (tertiary/aromatic N) is 3. The second-order valence-corrected chi connectivity index (χ2v) is 3.27. The normalized spacial score (nSPS) is 18.3. The van der Waals surface area contributed by atoms with Gasteiger partial charge in [-0.2, -0.15) is 0 Å². The molecule has 0 radical (unpaired) electrons. The summed E-state index contributed by atoms with van der Waals surface area (Å²) in [7, 11) is 0. The molecule has 5 heteroatoms. The minimum atomic E-state index is -0.181. The number of azide groups is 1. The van der Waals surface area contributed by atoms with E-state index in [1.54, 1.807) is 18.2 Å². The number of carbonyl (C=O) groups is 1. The Morgan fingerprint density at radius 1 is 1.60 bits per heavy atom. The molecule has 76 valence electrons. The van der Waals surface area contributed by atoms with Crippen LogP contribution in [0.25, 0.3) is 10.4 Å². The Bertz CT molecular complexity index is 438. The van der Waals surface area contributed by atoms with Crippen molar-refractivity contribution in [3.8, 4) is 5.75 Å². The zero-order valence-corrected chi connectivity index (χ0v) is 7.96. The topological polar surface area (TPSA) is 75.1 Å².